The van der Waals surface area contributed by atoms with Gasteiger partial charge in [-0.2, -0.15) is 4.57 Å². The topological polar surface area (TPSA) is 61.0 Å². The van der Waals surface area contributed by atoms with Crippen molar-refractivity contribution in [2.45, 2.75) is 13.0 Å². The van der Waals surface area contributed by atoms with Gasteiger partial charge in [0.1, 0.15) is 6.61 Å². The van der Waals surface area contributed by atoms with Gasteiger partial charge in [0.25, 0.3) is 0 Å². The van der Waals surface area contributed by atoms with E-state index >= 15 is 0 Å². The van der Waals surface area contributed by atoms with E-state index in [4.69, 9.17) is 24.1 Å². The Morgan fingerprint density at radius 2 is 1.79 bits per heavy atom. The van der Waals surface area contributed by atoms with Crippen molar-refractivity contribution in [1.29, 1.82) is 0 Å². The summed E-state index contributed by atoms with van der Waals surface area (Å²) in [5.41, 5.74) is 3.43. The molecule has 1 aromatic heterocycles. The first kappa shape index (κ1) is 18.4. The number of pyridine rings is 1. The summed E-state index contributed by atoms with van der Waals surface area (Å²) in [6, 6.07) is 10.2. The van der Waals surface area contributed by atoms with Gasteiger partial charge in [0, 0.05) is 12.5 Å². The molecule has 0 bridgehead atoms. The number of aromatic nitrogens is 1. The summed E-state index contributed by atoms with van der Waals surface area (Å²) in [7, 11) is 4.94. The molecule has 2 aromatic carbocycles. The summed E-state index contributed by atoms with van der Waals surface area (Å²) in [5, 5.41) is 11.2. The Morgan fingerprint density at radius 1 is 0.964 bits per heavy atom. The Morgan fingerprint density at radius 3 is 2.50 bits per heavy atom. The van der Waals surface area contributed by atoms with Crippen LogP contribution in [0.4, 0.5) is 0 Å². The zero-order valence-electron chi connectivity index (χ0n) is 16.3. The summed E-state index contributed by atoms with van der Waals surface area (Å²) >= 11 is 0. The second-order valence-corrected chi connectivity index (χ2v) is 6.64. The standard InChI is InChI=1S/C22H24NO5/c1-25-19-5-4-14-10-18-16-12-21(28-9-8-24)20(26-2)11-15(16)6-7-23(18)13-17(14)22(19)27-3/h4-5,10-13,24H,6-9H2,1-3H3/q+1. The minimum Gasteiger partial charge on any atom is -0.493 e. The van der Waals surface area contributed by atoms with Crippen molar-refractivity contribution in [2.24, 2.45) is 0 Å². The first-order chi connectivity index (χ1) is 13.7. The molecule has 28 heavy (non-hydrogen) atoms. The van der Waals surface area contributed by atoms with Gasteiger partial charge >= 0.3 is 0 Å². The van der Waals surface area contributed by atoms with E-state index in [0.717, 1.165) is 46.5 Å². The minimum atomic E-state index is -0.0438. The summed E-state index contributed by atoms with van der Waals surface area (Å²) in [5.74, 6) is 2.78. The third-order valence-corrected chi connectivity index (χ3v) is 5.14. The average Bonchev–Trinajstić information content (AvgIpc) is 2.74. The molecular formula is C22H24NO5+. The van der Waals surface area contributed by atoms with E-state index in [1.54, 1.807) is 21.3 Å². The van der Waals surface area contributed by atoms with Crippen LogP contribution in [0, 0.1) is 0 Å². The van der Waals surface area contributed by atoms with Gasteiger partial charge in [0.05, 0.1) is 38.9 Å². The van der Waals surface area contributed by atoms with Gasteiger partial charge in [-0.1, -0.05) is 0 Å². The number of aliphatic hydroxyl groups is 1. The highest BCUT2D eigenvalue weighted by Gasteiger charge is 2.27. The molecule has 0 aliphatic carbocycles. The highest BCUT2D eigenvalue weighted by atomic mass is 16.5. The van der Waals surface area contributed by atoms with E-state index in [9.17, 15) is 0 Å². The molecule has 146 valence electrons. The summed E-state index contributed by atoms with van der Waals surface area (Å²) in [6.07, 6.45) is 3.01. The Kier molecular flexibility index (Phi) is 4.96. The summed E-state index contributed by atoms with van der Waals surface area (Å²) in [6.45, 7) is 1.04. The molecular weight excluding hydrogens is 358 g/mol. The lowest BCUT2D eigenvalue weighted by molar-refractivity contribution is -0.686. The minimum absolute atomic E-state index is 0.0438. The third-order valence-electron chi connectivity index (χ3n) is 5.14. The molecule has 0 radical (unpaired) electrons. The van der Waals surface area contributed by atoms with Gasteiger partial charge in [-0.25, -0.2) is 0 Å². The van der Waals surface area contributed by atoms with Crippen molar-refractivity contribution in [2.75, 3.05) is 34.5 Å². The third kappa shape index (κ3) is 2.99. The van der Waals surface area contributed by atoms with Crippen molar-refractivity contribution in [3.8, 4) is 34.3 Å². The predicted molar refractivity (Wildman–Crippen MR) is 106 cm³/mol. The molecule has 0 unspecified atom stereocenters. The fraction of sp³-hybridized carbons (Fsp3) is 0.318. The Hall–Kier alpha value is -2.99. The van der Waals surface area contributed by atoms with Gasteiger partial charge in [-0.15, -0.1) is 0 Å². The maximum absolute atomic E-state index is 9.11. The first-order valence-corrected chi connectivity index (χ1v) is 9.23. The number of methoxy groups -OCH3 is 3. The first-order valence-electron chi connectivity index (χ1n) is 9.23. The molecule has 1 aliphatic heterocycles. The molecule has 1 N–H and O–H groups in total. The van der Waals surface area contributed by atoms with Crippen LogP contribution in [0.1, 0.15) is 5.56 Å². The van der Waals surface area contributed by atoms with E-state index in [0.29, 0.717) is 11.5 Å². The summed E-state index contributed by atoms with van der Waals surface area (Å²) in [4.78, 5) is 0. The zero-order valence-corrected chi connectivity index (χ0v) is 16.3. The van der Waals surface area contributed by atoms with Crippen LogP contribution in [0.5, 0.6) is 23.0 Å². The second-order valence-electron chi connectivity index (χ2n) is 6.64. The number of hydrogen-bond acceptors (Lipinski definition) is 5. The van der Waals surface area contributed by atoms with Gasteiger partial charge in [-0.3, -0.25) is 0 Å². The molecule has 2 heterocycles. The van der Waals surface area contributed by atoms with E-state index in [-0.39, 0.29) is 13.2 Å². The van der Waals surface area contributed by atoms with Gasteiger partial charge in [0.2, 0.25) is 5.69 Å². The van der Waals surface area contributed by atoms with Crippen LogP contribution in [0.2, 0.25) is 0 Å². The SMILES string of the molecule is COc1cc2c(cc1OCCO)-c1cc3ccc(OC)c(OC)c3c[n+]1CC2. The normalized spacial score (nSPS) is 12.3. The highest BCUT2D eigenvalue weighted by molar-refractivity contribution is 5.91. The number of rotatable bonds is 6. The van der Waals surface area contributed by atoms with Crippen LogP contribution in [0.3, 0.4) is 0 Å². The molecule has 1 aliphatic rings. The lowest BCUT2D eigenvalue weighted by Crippen LogP contribution is -2.40. The van der Waals surface area contributed by atoms with Crippen LogP contribution in [0.25, 0.3) is 22.0 Å². The number of aliphatic hydroxyl groups excluding tert-OH is 1. The maximum Gasteiger partial charge on any atom is 0.213 e. The van der Waals surface area contributed by atoms with Gasteiger partial charge < -0.3 is 24.1 Å². The van der Waals surface area contributed by atoms with Crippen molar-refractivity contribution in [1.82, 2.24) is 0 Å². The van der Waals surface area contributed by atoms with Crippen LogP contribution < -0.4 is 23.5 Å². The summed E-state index contributed by atoms with van der Waals surface area (Å²) < 4.78 is 24.4. The molecule has 0 fully saturated rings. The van der Waals surface area contributed by atoms with Crippen molar-refractivity contribution < 1.29 is 28.6 Å². The molecule has 0 amide bonds. The Bertz CT molecular complexity index is 1030. The number of fused-ring (bicyclic) bond motifs is 4. The second kappa shape index (κ2) is 7.56. The number of hydrogen-bond donors (Lipinski definition) is 1. The monoisotopic (exact) mass is 382 g/mol. The fourth-order valence-electron chi connectivity index (χ4n) is 3.81. The molecule has 0 atom stereocenters. The molecule has 0 saturated carbocycles. The Labute approximate surface area is 163 Å². The molecule has 4 rings (SSSR count). The van der Waals surface area contributed by atoms with E-state index in [2.05, 4.69) is 16.8 Å². The molecule has 3 aromatic rings. The zero-order chi connectivity index (χ0) is 19.7. The lowest BCUT2D eigenvalue weighted by atomic mass is 9.95. The van der Waals surface area contributed by atoms with Crippen LogP contribution >= 0.6 is 0 Å². The fourth-order valence-corrected chi connectivity index (χ4v) is 3.81. The average molecular weight is 382 g/mol. The van der Waals surface area contributed by atoms with Gasteiger partial charge in [0.15, 0.2) is 35.7 Å². The van der Waals surface area contributed by atoms with E-state index < -0.39 is 0 Å². The number of benzene rings is 2. The van der Waals surface area contributed by atoms with Gasteiger partial charge in [-0.05, 0) is 35.2 Å². The van der Waals surface area contributed by atoms with Crippen molar-refractivity contribution >= 4 is 10.8 Å². The largest absolute Gasteiger partial charge is 0.493 e. The van der Waals surface area contributed by atoms with Crippen LogP contribution in [-0.2, 0) is 13.0 Å². The number of aryl methyl sites for hydroxylation is 2. The lowest BCUT2D eigenvalue weighted by Gasteiger charge is -2.19. The molecule has 6 heteroatoms. The Balaban J connectivity index is 1.89. The van der Waals surface area contributed by atoms with Crippen molar-refractivity contribution in [3.05, 3.63) is 42.1 Å². The predicted octanol–water partition coefficient (Wildman–Crippen LogP) is 2.75. The van der Waals surface area contributed by atoms with Crippen molar-refractivity contribution in [3.63, 3.8) is 0 Å². The molecule has 0 saturated heterocycles. The highest BCUT2D eigenvalue weighted by Crippen LogP contribution is 2.40. The quantitative estimate of drug-likeness (QED) is 0.665. The molecule has 0 spiro atoms. The van der Waals surface area contributed by atoms with E-state index in [1.165, 1.54) is 5.56 Å². The number of nitrogens with zero attached hydrogens (tertiary/aromatic N) is 1. The maximum atomic E-state index is 9.11. The number of ether oxygens (including phenoxy) is 4. The van der Waals surface area contributed by atoms with E-state index in [1.807, 2.05) is 24.3 Å². The molecule has 6 nitrogen and oxygen atoms in total. The van der Waals surface area contributed by atoms with Crippen LogP contribution in [0.15, 0.2) is 36.5 Å². The van der Waals surface area contributed by atoms with Crippen LogP contribution in [-0.4, -0.2) is 39.6 Å². The smallest absolute Gasteiger partial charge is 0.213 e.